The maximum atomic E-state index is 13.5. The standard InChI is InChI=1S/C24H32BrN3O4S/c1-17-10-12-21(13-11-17)28(33(6,31)32)16-22(29)27(15-19-8-7-9-20(25)14-19)18(2)23(30)26-24(3,4)5/h7-14,18H,15-16H2,1-6H3,(H,26,30). The second-order valence-corrected chi connectivity index (χ2v) is 12.0. The Labute approximate surface area is 205 Å². The Kier molecular flexibility index (Phi) is 8.70. The van der Waals surface area contributed by atoms with E-state index >= 15 is 0 Å². The van der Waals surface area contributed by atoms with Gasteiger partial charge in [-0.1, -0.05) is 45.8 Å². The Morgan fingerprint density at radius 1 is 1.09 bits per heavy atom. The topological polar surface area (TPSA) is 86.8 Å². The summed E-state index contributed by atoms with van der Waals surface area (Å²) in [5.74, 6) is -0.787. The van der Waals surface area contributed by atoms with Crippen molar-refractivity contribution in [1.29, 1.82) is 0 Å². The van der Waals surface area contributed by atoms with Gasteiger partial charge in [-0.2, -0.15) is 0 Å². The summed E-state index contributed by atoms with van der Waals surface area (Å²) in [7, 11) is -3.74. The monoisotopic (exact) mass is 537 g/mol. The average Bonchev–Trinajstić information content (AvgIpc) is 2.68. The second kappa shape index (κ2) is 10.7. The predicted molar refractivity (Wildman–Crippen MR) is 135 cm³/mol. The van der Waals surface area contributed by atoms with E-state index in [0.29, 0.717) is 5.69 Å². The first-order valence-corrected chi connectivity index (χ1v) is 13.2. The Bertz CT molecular complexity index is 1100. The van der Waals surface area contributed by atoms with Gasteiger partial charge in [0.05, 0.1) is 11.9 Å². The minimum atomic E-state index is -3.74. The van der Waals surface area contributed by atoms with Gasteiger partial charge in [-0.25, -0.2) is 8.42 Å². The molecule has 0 aliphatic heterocycles. The fraction of sp³-hybridized carbons (Fsp3) is 0.417. The number of benzene rings is 2. The molecular weight excluding hydrogens is 506 g/mol. The molecule has 0 bridgehead atoms. The van der Waals surface area contributed by atoms with E-state index in [9.17, 15) is 18.0 Å². The van der Waals surface area contributed by atoms with Gasteiger partial charge >= 0.3 is 0 Å². The lowest BCUT2D eigenvalue weighted by Gasteiger charge is -2.33. The van der Waals surface area contributed by atoms with Crippen molar-refractivity contribution in [3.05, 3.63) is 64.1 Å². The first-order valence-electron chi connectivity index (χ1n) is 10.6. The van der Waals surface area contributed by atoms with Crippen LogP contribution < -0.4 is 9.62 Å². The third-order valence-electron chi connectivity index (χ3n) is 4.91. The minimum absolute atomic E-state index is 0.155. The van der Waals surface area contributed by atoms with Crippen molar-refractivity contribution in [3.63, 3.8) is 0 Å². The lowest BCUT2D eigenvalue weighted by Crippen LogP contribution is -2.54. The Balaban J connectivity index is 2.39. The quantitative estimate of drug-likeness (QED) is 0.553. The number of anilines is 1. The molecule has 2 aromatic rings. The van der Waals surface area contributed by atoms with Gasteiger partial charge in [0.1, 0.15) is 12.6 Å². The summed E-state index contributed by atoms with van der Waals surface area (Å²) in [5, 5.41) is 2.90. The molecule has 0 fully saturated rings. The van der Waals surface area contributed by atoms with E-state index in [-0.39, 0.29) is 12.5 Å². The van der Waals surface area contributed by atoms with E-state index < -0.39 is 34.1 Å². The van der Waals surface area contributed by atoms with Crippen molar-refractivity contribution in [2.45, 2.75) is 52.7 Å². The highest BCUT2D eigenvalue weighted by Crippen LogP contribution is 2.20. The highest BCUT2D eigenvalue weighted by molar-refractivity contribution is 9.10. The number of hydrogen-bond donors (Lipinski definition) is 1. The summed E-state index contributed by atoms with van der Waals surface area (Å²) in [4.78, 5) is 27.8. The summed E-state index contributed by atoms with van der Waals surface area (Å²) >= 11 is 3.43. The van der Waals surface area contributed by atoms with Gasteiger partial charge in [0.15, 0.2) is 0 Å². The van der Waals surface area contributed by atoms with Gasteiger partial charge in [-0.05, 0) is 64.4 Å². The average molecular weight is 539 g/mol. The molecule has 7 nitrogen and oxygen atoms in total. The molecule has 0 heterocycles. The molecule has 0 saturated carbocycles. The van der Waals surface area contributed by atoms with Gasteiger partial charge in [-0.3, -0.25) is 13.9 Å². The molecule has 2 amide bonds. The van der Waals surface area contributed by atoms with Crippen molar-refractivity contribution in [1.82, 2.24) is 10.2 Å². The Morgan fingerprint density at radius 2 is 1.70 bits per heavy atom. The van der Waals surface area contributed by atoms with Crippen LogP contribution in [-0.4, -0.2) is 49.5 Å². The van der Waals surface area contributed by atoms with E-state index in [1.165, 1.54) is 4.90 Å². The van der Waals surface area contributed by atoms with Crippen molar-refractivity contribution in [3.8, 4) is 0 Å². The van der Waals surface area contributed by atoms with Gasteiger partial charge in [0.2, 0.25) is 21.8 Å². The normalized spacial score (nSPS) is 12.7. The van der Waals surface area contributed by atoms with Crippen LogP contribution in [-0.2, 0) is 26.2 Å². The zero-order chi connectivity index (χ0) is 25.0. The number of sulfonamides is 1. The zero-order valence-corrected chi connectivity index (χ0v) is 22.3. The number of hydrogen-bond acceptors (Lipinski definition) is 4. The molecule has 0 saturated heterocycles. The van der Waals surface area contributed by atoms with Gasteiger partial charge in [-0.15, -0.1) is 0 Å². The molecule has 0 aromatic heterocycles. The minimum Gasteiger partial charge on any atom is -0.350 e. The molecule has 9 heteroatoms. The van der Waals surface area contributed by atoms with Crippen molar-refractivity contribution in [2.24, 2.45) is 0 Å². The SMILES string of the molecule is Cc1ccc(N(CC(=O)N(Cc2cccc(Br)c2)C(C)C(=O)NC(C)(C)C)S(C)(=O)=O)cc1. The molecule has 2 aromatic carbocycles. The number of carbonyl (C=O) groups excluding carboxylic acids is 2. The summed E-state index contributed by atoms with van der Waals surface area (Å²) < 4.78 is 27.0. The molecule has 33 heavy (non-hydrogen) atoms. The van der Waals surface area contributed by atoms with Crippen LogP contribution in [0.4, 0.5) is 5.69 Å². The number of halogens is 1. The van der Waals surface area contributed by atoms with Gasteiger partial charge in [0.25, 0.3) is 0 Å². The van der Waals surface area contributed by atoms with Crippen molar-refractivity contribution in [2.75, 3.05) is 17.1 Å². The van der Waals surface area contributed by atoms with Crippen LogP contribution in [0, 0.1) is 6.92 Å². The lowest BCUT2D eigenvalue weighted by atomic mass is 10.1. The third kappa shape index (κ3) is 8.16. The Morgan fingerprint density at radius 3 is 2.21 bits per heavy atom. The highest BCUT2D eigenvalue weighted by Gasteiger charge is 2.31. The van der Waals surface area contributed by atoms with Crippen molar-refractivity contribution < 1.29 is 18.0 Å². The molecule has 0 aliphatic rings. The van der Waals surface area contributed by atoms with Crippen LogP contribution in [0.25, 0.3) is 0 Å². The van der Waals surface area contributed by atoms with E-state index in [1.807, 2.05) is 52.0 Å². The number of amides is 2. The molecule has 1 unspecified atom stereocenters. The predicted octanol–water partition coefficient (Wildman–Crippen LogP) is 3.86. The van der Waals surface area contributed by atoms with E-state index in [1.54, 1.807) is 31.2 Å². The molecule has 1 N–H and O–H groups in total. The van der Waals surface area contributed by atoms with Crippen LogP contribution >= 0.6 is 15.9 Å². The number of carbonyl (C=O) groups is 2. The fourth-order valence-corrected chi connectivity index (χ4v) is 4.51. The molecule has 1 atom stereocenters. The number of nitrogens with zero attached hydrogens (tertiary/aromatic N) is 2. The summed E-state index contributed by atoms with van der Waals surface area (Å²) in [6.45, 7) is 8.87. The molecule has 0 spiro atoms. The fourth-order valence-electron chi connectivity index (χ4n) is 3.21. The smallest absolute Gasteiger partial charge is 0.244 e. The van der Waals surface area contributed by atoms with E-state index in [4.69, 9.17) is 0 Å². The first-order chi connectivity index (χ1) is 15.2. The third-order valence-corrected chi connectivity index (χ3v) is 6.54. The van der Waals surface area contributed by atoms with Gasteiger partial charge < -0.3 is 10.2 Å². The molecular formula is C24H32BrN3O4S. The number of rotatable bonds is 8. The maximum absolute atomic E-state index is 13.5. The molecule has 0 aliphatic carbocycles. The largest absolute Gasteiger partial charge is 0.350 e. The second-order valence-electron chi connectivity index (χ2n) is 9.17. The summed E-state index contributed by atoms with van der Waals surface area (Å²) in [6.07, 6.45) is 1.06. The summed E-state index contributed by atoms with van der Waals surface area (Å²) in [6, 6.07) is 13.5. The number of nitrogens with one attached hydrogen (secondary N) is 1. The Hall–Kier alpha value is -2.39. The van der Waals surface area contributed by atoms with E-state index in [2.05, 4.69) is 21.2 Å². The van der Waals surface area contributed by atoms with Crippen LogP contribution in [0.2, 0.25) is 0 Å². The first kappa shape index (κ1) is 26.9. The molecule has 0 radical (unpaired) electrons. The van der Waals surface area contributed by atoms with E-state index in [0.717, 1.165) is 26.2 Å². The molecule has 2 rings (SSSR count). The van der Waals surface area contributed by atoms with Crippen LogP contribution in [0.5, 0.6) is 0 Å². The van der Waals surface area contributed by atoms with Crippen LogP contribution in [0.1, 0.15) is 38.8 Å². The maximum Gasteiger partial charge on any atom is 0.244 e. The lowest BCUT2D eigenvalue weighted by molar-refractivity contribution is -0.140. The summed E-state index contributed by atoms with van der Waals surface area (Å²) in [5.41, 5.74) is 1.71. The molecule has 180 valence electrons. The van der Waals surface area contributed by atoms with Crippen LogP contribution in [0.15, 0.2) is 53.0 Å². The number of aryl methyl sites for hydroxylation is 1. The van der Waals surface area contributed by atoms with Crippen molar-refractivity contribution >= 4 is 43.5 Å². The highest BCUT2D eigenvalue weighted by atomic mass is 79.9. The zero-order valence-electron chi connectivity index (χ0n) is 19.9. The van der Waals surface area contributed by atoms with Gasteiger partial charge in [0, 0.05) is 16.6 Å². The van der Waals surface area contributed by atoms with Crippen LogP contribution in [0.3, 0.4) is 0 Å².